The molecule has 0 saturated carbocycles. The molecule has 0 aliphatic carbocycles. The first-order valence-electron chi connectivity index (χ1n) is 8.22. The first kappa shape index (κ1) is 20.1. The van der Waals surface area contributed by atoms with Crippen LogP contribution in [0.1, 0.15) is 18.1 Å². The minimum Gasteiger partial charge on any atom is -0.490 e. The Bertz CT molecular complexity index is 904. The Hall–Kier alpha value is -1.66. The molecule has 0 unspecified atom stereocenters. The molecule has 1 aromatic heterocycles. The van der Waals surface area contributed by atoms with Gasteiger partial charge in [-0.05, 0) is 30.7 Å². The van der Waals surface area contributed by atoms with Crippen LogP contribution in [-0.2, 0) is 13.2 Å². The third-order valence-corrected chi connectivity index (χ3v) is 5.34. The second-order valence-electron chi connectivity index (χ2n) is 5.54. The van der Waals surface area contributed by atoms with Crippen molar-refractivity contribution < 1.29 is 9.47 Å². The second-order valence-corrected chi connectivity index (χ2v) is 7.68. The van der Waals surface area contributed by atoms with E-state index >= 15 is 0 Å². The summed E-state index contributed by atoms with van der Waals surface area (Å²) in [5, 5.41) is 7.70. The number of anilines is 1. The molecule has 2 aromatic carbocycles. The summed E-state index contributed by atoms with van der Waals surface area (Å²) in [5.74, 6) is 1.19. The van der Waals surface area contributed by atoms with Crippen LogP contribution in [0.15, 0.2) is 41.9 Å². The summed E-state index contributed by atoms with van der Waals surface area (Å²) < 4.78 is 11.6. The van der Waals surface area contributed by atoms with Crippen molar-refractivity contribution in [2.24, 2.45) is 0 Å². The molecule has 0 radical (unpaired) electrons. The van der Waals surface area contributed by atoms with Crippen LogP contribution < -0.4 is 14.8 Å². The van der Waals surface area contributed by atoms with Crippen molar-refractivity contribution >= 4 is 51.3 Å². The molecule has 0 atom stereocenters. The Balaban J connectivity index is 1.76. The summed E-state index contributed by atoms with van der Waals surface area (Å²) in [7, 11) is 0. The van der Waals surface area contributed by atoms with Crippen LogP contribution in [0.25, 0.3) is 0 Å². The van der Waals surface area contributed by atoms with Crippen LogP contribution in [0.3, 0.4) is 0 Å². The van der Waals surface area contributed by atoms with Crippen LogP contribution >= 0.6 is 46.1 Å². The fourth-order valence-electron chi connectivity index (χ4n) is 2.37. The van der Waals surface area contributed by atoms with E-state index in [1.165, 1.54) is 11.3 Å². The average Bonchev–Trinajstić information content (AvgIpc) is 3.15. The molecule has 3 aromatic rings. The molecular formula is C19H17Cl3N2O2S. The van der Waals surface area contributed by atoms with E-state index in [0.717, 1.165) is 16.3 Å². The van der Waals surface area contributed by atoms with Crippen LogP contribution in [0.2, 0.25) is 15.1 Å². The summed E-state index contributed by atoms with van der Waals surface area (Å²) in [6.45, 7) is 3.25. The van der Waals surface area contributed by atoms with E-state index in [0.29, 0.717) is 39.7 Å². The van der Waals surface area contributed by atoms with Gasteiger partial charge in [-0.2, -0.15) is 0 Å². The molecule has 3 rings (SSSR count). The maximum atomic E-state index is 6.44. The number of rotatable bonds is 8. The van der Waals surface area contributed by atoms with E-state index in [1.807, 2.05) is 24.4 Å². The third-order valence-electron chi connectivity index (χ3n) is 3.67. The number of nitrogens with one attached hydrogen (secondary N) is 1. The van der Waals surface area contributed by atoms with Gasteiger partial charge in [0, 0.05) is 44.8 Å². The number of hydrogen-bond acceptors (Lipinski definition) is 5. The van der Waals surface area contributed by atoms with Gasteiger partial charge in [-0.1, -0.05) is 40.9 Å². The van der Waals surface area contributed by atoms with Crippen molar-refractivity contribution in [1.82, 2.24) is 4.98 Å². The lowest BCUT2D eigenvalue weighted by Gasteiger charge is -2.15. The van der Waals surface area contributed by atoms with Gasteiger partial charge in [0.15, 0.2) is 16.6 Å². The van der Waals surface area contributed by atoms with Crippen LogP contribution in [-0.4, -0.2) is 11.6 Å². The first-order chi connectivity index (χ1) is 13.1. The molecule has 0 bridgehead atoms. The topological polar surface area (TPSA) is 43.4 Å². The van der Waals surface area contributed by atoms with Gasteiger partial charge in [-0.3, -0.25) is 0 Å². The third kappa shape index (κ3) is 5.42. The van der Waals surface area contributed by atoms with Gasteiger partial charge in [0.05, 0.1) is 6.61 Å². The second kappa shape index (κ2) is 9.51. The zero-order valence-electron chi connectivity index (χ0n) is 14.5. The summed E-state index contributed by atoms with van der Waals surface area (Å²) in [5.41, 5.74) is 1.72. The maximum Gasteiger partial charge on any atom is 0.182 e. The molecule has 8 heteroatoms. The first-order valence-corrected chi connectivity index (χ1v) is 10.2. The SMILES string of the molecule is CCOc1cc(CNc2nccs2)c(Cl)cc1OCc1ccc(Cl)cc1Cl. The number of thiazole rings is 1. The predicted molar refractivity (Wildman–Crippen MR) is 113 cm³/mol. The molecule has 27 heavy (non-hydrogen) atoms. The van der Waals surface area contributed by atoms with Crippen molar-refractivity contribution in [2.75, 3.05) is 11.9 Å². The van der Waals surface area contributed by atoms with E-state index in [2.05, 4.69) is 10.3 Å². The van der Waals surface area contributed by atoms with Crippen molar-refractivity contribution in [3.8, 4) is 11.5 Å². The van der Waals surface area contributed by atoms with Gasteiger partial charge >= 0.3 is 0 Å². The van der Waals surface area contributed by atoms with Crippen molar-refractivity contribution in [1.29, 1.82) is 0 Å². The Kier molecular flexibility index (Phi) is 7.07. The molecule has 0 aliphatic heterocycles. The highest BCUT2D eigenvalue weighted by molar-refractivity contribution is 7.13. The predicted octanol–water partition coefficient (Wildman–Crippen LogP) is 6.69. The number of nitrogens with zero attached hydrogens (tertiary/aromatic N) is 1. The van der Waals surface area contributed by atoms with Crippen molar-refractivity contribution in [2.45, 2.75) is 20.1 Å². The minimum absolute atomic E-state index is 0.281. The van der Waals surface area contributed by atoms with Gasteiger partial charge in [0.2, 0.25) is 0 Å². The van der Waals surface area contributed by atoms with Gasteiger partial charge in [0.25, 0.3) is 0 Å². The lowest BCUT2D eigenvalue weighted by molar-refractivity contribution is 0.269. The summed E-state index contributed by atoms with van der Waals surface area (Å²) >= 11 is 20.1. The lowest BCUT2D eigenvalue weighted by Crippen LogP contribution is -2.04. The highest BCUT2D eigenvalue weighted by Gasteiger charge is 2.13. The largest absolute Gasteiger partial charge is 0.490 e. The number of hydrogen-bond donors (Lipinski definition) is 1. The Morgan fingerprint density at radius 1 is 1.00 bits per heavy atom. The Labute approximate surface area is 177 Å². The van der Waals surface area contributed by atoms with E-state index < -0.39 is 0 Å². The monoisotopic (exact) mass is 442 g/mol. The van der Waals surface area contributed by atoms with E-state index in [9.17, 15) is 0 Å². The van der Waals surface area contributed by atoms with Gasteiger partial charge < -0.3 is 14.8 Å². The van der Waals surface area contributed by atoms with Crippen molar-refractivity contribution in [3.63, 3.8) is 0 Å². The molecule has 0 saturated heterocycles. The Morgan fingerprint density at radius 3 is 2.48 bits per heavy atom. The molecule has 142 valence electrons. The summed E-state index contributed by atoms with van der Waals surface area (Å²) in [4.78, 5) is 4.20. The Morgan fingerprint density at radius 2 is 1.78 bits per heavy atom. The molecule has 0 spiro atoms. The van der Waals surface area contributed by atoms with Gasteiger partial charge in [-0.15, -0.1) is 11.3 Å². The molecular weight excluding hydrogens is 427 g/mol. The quantitative estimate of drug-likeness (QED) is 0.421. The van der Waals surface area contributed by atoms with E-state index in [-0.39, 0.29) is 6.61 Å². The molecule has 0 fully saturated rings. The fourth-order valence-corrected chi connectivity index (χ4v) is 3.58. The number of aromatic nitrogens is 1. The smallest absolute Gasteiger partial charge is 0.182 e. The van der Waals surface area contributed by atoms with Crippen LogP contribution in [0.5, 0.6) is 11.5 Å². The summed E-state index contributed by atoms with van der Waals surface area (Å²) in [6, 6.07) is 8.93. The highest BCUT2D eigenvalue weighted by Crippen LogP contribution is 2.35. The van der Waals surface area contributed by atoms with E-state index in [4.69, 9.17) is 44.3 Å². The number of benzene rings is 2. The molecule has 1 N–H and O–H groups in total. The highest BCUT2D eigenvalue weighted by atomic mass is 35.5. The average molecular weight is 444 g/mol. The normalized spacial score (nSPS) is 10.7. The van der Waals surface area contributed by atoms with Gasteiger partial charge in [-0.25, -0.2) is 4.98 Å². The summed E-state index contributed by atoms with van der Waals surface area (Å²) in [6.07, 6.45) is 1.75. The zero-order chi connectivity index (χ0) is 19.2. The number of ether oxygens (including phenoxy) is 2. The van der Waals surface area contributed by atoms with Gasteiger partial charge in [0.1, 0.15) is 6.61 Å². The molecule has 0 amide bonds. The number of halogens is 3. The fraction of sp³-hybridized carbons (Fsp3) is 0.211. The lowest BCUT2D eigenvalue weighted by atomic mass is 10.2. The minimum atomic E-state index is 0.281. The molecule has 1 heterocycles. The maximum absolute atomic E-state index is 6.44. The van der Waals surface area contributed by atoms with E-state index in [1.54, 1.807) is 24.4 Å². The molecule has 0 aliphatic rings. The molecule has 4 nitrogen and oxygen atoms in total. The van der Waals surface area contributed by atoms with Crippen LogP contribution in [0.4, 0.5) is 5.13 Å². The zero-order valence-corrected chi connectivity index (χ0v) is 17.6. The standard InChI is InChI=1S/C19H17Cl3N2O2S/c1-2-25-17-7-13(10-24-19-23-5-6-27-19)16(22)9-18(17)26-11-12-3-4-14(20)8-15(12)21/h3-9H,2,10-11H2,1H3,(H,23,24). The van der Waals surface area contributed by atoms with Crippen molar-refractivity contribution in [3.05, 3.63) is 68.1 Å². The van der Waals surface area contributed by atoms with Crippen LogP contribution in [0, 0.1) is 0 Å².